The number of hydrogen-bond acceptors (Lipinski definition) is 2. The van der Waals surface area contributed by atoms with Gasteiger partial charge in [-0.05, 0) is 112 Å². The number of para-hydroxylation sites is 4. The molecule has 58 heavy (non-hydrogen) atoms. The van der Waals surface area contributed by atoms with Crippen LogP contribution >= 0.6 is 22.7 Å². The topological polar surface area (TPSA) is 9.86 Å². The molecular formula is C54H34N2S2. The van der Waals surface area contributed by atoms with E-state index >= 15 is 0 Å². The van der Waals surface area contributed by atoms with E-state index in [4.69, 9.17) is 0 Å². The highest BCUT2D eigenvalue weighted by atomic mass is 32.1. The van der Waals surface area contributed by atoms with E-state index in [0.717, 1.165) is 6.42 Å². The SMILES string of the molecule is C1=CC(n2c3ccccc3c3ccccc32)Cc2c1sc1ccc(-c3ccc(-c4ccc5sc6ccc(-n7c8ccccc8c8ccccc87)cc6c5c4)cc3)cc21. The molecule has 1 aliphatic carbocycles. The van der Waals surface area contributed by atoms with Crippen LogP contribution in [-0.4, -0.2) is 9.13 Å². The van der Waals surface area contributed by atoms with Crippen molar-refractivity contribution in [2.45, 2.75) is 12.5 Å². The zero-order chi connectivity index (χ0) is 37.9. The molecule has 12 aromatic rings. The van der Waals surface area contributed by atoms with E-state index in [1.165, 1.54) is 112 Å². The summed E-state index contributed by atoms with van der Waals surface area (Å²) in [5.74, 6) is 0. The minimum Gasteiger partial charge on any atom is -0.333 e. The number of thiophene rings is 2. The molecule has 0 bridgehead atoms. The molecular weight excluding hydrogens is 741 g/mol. The van der Waals surface area contributed by atoms with Crippen molar-refractivity contribution in [2.24, 2.45) is 0 Å². The Morgan fingerprint density at radius 1 is 0.397 bits per heavy atom. The molecule has 1 atom stereocenters. The average Bonchev–Trinajstić information content (AvgIpc) is 4.03. The number of allylic oxidation sites excluding steroid dienone is 1. The Kier molecular flexibility index (Phi) is 6.91. The Labute approximate surface area is 342 Å². The normalized spacial score (nSPS) is 14.2. The van der Waals surface area contributed by atoms with Crippen molar-refractivity contribution in [1.29, 1.82) is 0 Å². The summed E-state index contributed by atoms with van der Waals surface area (Å²) in [4.78, 5) is 1.39. The van der Waals surface area contributed by atoms with Crippen LogP contribution in [0.15, 0.2) is 182 Å². The Morgan fingerprint density at radius 3 is 1.47 bits per heavy atom. The fraction of sp³-hybridized carbons (Fsp3) is 0.0370. The molecule has 0 saturated carbocycles. The van der Waals surface area contributed by atoms with Crippen molar-refractivity contribution >= 4 is 103 Å². The van der Waals surface area contributed by atoms with Gasteiger partial charge in [-0.25, -0.2) is 0 Å². The summed E-state index contributed by atoms with van der Waals surface area (Å²) >= 11 is 3.79. The van der Waals surface area contributed by atoms with E-state index in [1.807, 2.05) is 22.7 Å². The molecule has 0 spiro atoms. The number of aromatic nitrogens is 2. The van der Waals surface area contributed by atoms with Gasteiger partial charge in [-0.1, -0.05) is 115 Å². The van der Waals surface area contributed by atoms with Crippen molar-refractivity contribution in [3.8, 4) is 27.9 Å². The van der Waals surface area contributed by atoms with E-state index < -0.39 is 0 Å². The first-order valence-electron chi connectivity index (χ1n) is 20.0. The fourth-order valence-electron chi connectivity index (χ4n) is 9.80. The van der Waals surface area contributed by atoms with Crippen LogP contribution in [0.2, 0.25) is 0 Å². The Balaban J connectivity index is 0.845. The van der Waals surface area contributed by atoms with Crippen molar-refractivity contribution in [3.63, 3.8) is 0 Å². The zero-order valence-electron chi connectivity index (χ0n) is 31.4. The molecule has 0 N–H and O–H groups in total. The van der Waals surface area contributed by atoms with Crippen molar-refractivity contribution in [1.82, 2.24) is 9.13 Å². The van der Waals surface area contributed by atoms with Crippen LogP contribution in [0.4, 0.5) is 0 Å². The summed E-state index contributed by atoms with van der Waals surface area (Å²) in [6.45, 7) is 0. The lowest BCUT2D eigenvalue weighted by Gasteiger charge is -2.21. The van der Waals surface area contributed by atoms with Crippen LogP contribution in [0.5, 0.6) is 0 Å². The molecule has 4 heterocycles. The molecule has 2 nitrogen and oxygen atoms in total. The quantitative estimate of drug-likeness (QED) is 0.169. The maximum absolute atomic E-state index is 2.55. The third-order valence-corrected chi connectivity index (χ3v) is 14.8. The first-order valence-corrected chi connectivity index (χ1v) is 21.6. The summed E-state index contributed by atoms with van der Waals surface area (Å²) in [6, 6.07) is 65.7. The molecule has 13 rings (SSSR count). The van der Waals surface area contributed by atoms with Crippen LogP contribution in [0.1, 0.15) is 16.5 Å². The third-order valence-electron chi connectivity index (χ3n) is 12.5. The van der Waals surface area contributed by atoms with Gasteiger partial charge in [0.25, 0.3) is 0 Å². The predicted molar refractivity (Wildman–Crippen MR) is 251 cm³/mol. The maximum Gasteiger partial charge on any atom is 0.0567 e. The Morgan fingerprint density at radius 2 is 0.862 bits per heavy atom. The molecule has 8 aromatic carbocycles. The molecule has 0 radical (unpaired) electrons. The van der Waals surface area contributed by atoms with Crippen LogP contribution < -0.4 is 0 Å². The Hall–Kier alpha value is -6.72. The van der Waals surface area contributed by atoms with Crippen molar-refractivity contribution in [2.75, 3.05) is 0 Å². The summed E-state index contributed by atoms with van der Waals surface area (Å²) in [5, 5.41) is 9.22. The lowest BCUT2D eigenvalue weighted by Crippen LogP contribution is -2.12. The van der Waals surface area contributed by atoms with E-state index in [9.17, 15) is 0 Å². The van der Waals surface area contributed by atoms with Gasteiger partial charge in [-0.2, -0.15) is 0 Å². The third kappa shape index (κ3) is 4.76. The van der Waals surface area contributed by atoms with E-state index in [1.54, 1.807) is 0 Å². The average molecular weight is 775 g/mol. The second-order valence-corrected chi connectivity index (χ2v) is 17.8. The largest absolute Gasteiger partial charge is 0.333 e. The number of benzene rings is 8. The number of fused-ring (bicyclic) bond motifs is 12. The van der Waals surface area contributed by atoms with Crippen LogP contribution in [0, 0.1) is 0 Å². The second kappa shape index (κ2) is 12.4. The molecule has 272 valence electrons. The number of hydrogen-bond donors (Lipinski definition) is 0. The summed E-state index contributed by atoms with van der Waals surface area (Å²) in [5.41, 5.74) is 12.7. The minimum atomic E-state index is 0.260. The molecule has 0 saturated heterocycles. The molecule has 0 aliphatic heterocycles. The van der Waals surface area contributed by atoms with Crippen molar-refractivity contribution in [3.05, 3.63) is 192 Å². The first-order chi connectivity index (χ1) is 28.7. The van der Waals surface area contributed by atoms with Gasteiger partial charge in [0.05, 0.1) is 17.1 Å². The molecule has 0 amide bonds. The lowest BCUT2D eigenvalue weighted by atomic mass is 9.94. The highest BCUT2D eigenvalue weighted by Gasteiger charge is 2.24. The van der Waals surface area contributed by atoms with Gasteiger partial charge < -0.3 is 9.13 Å². The molecule has 1 aliphatic rings. The highest BCUT2D eigenvalue weighted by molar-refractivity contribution is 7.25. The molecule has 4 heteroatoms. The van der Waals surface area contributed by atoms with Crippen LogP contribution in [-0.2, 0) is 6.42 Å². The molecule has 1 unspecified atom stereocenters. The minimum absolute atomic E-state index is 0.260. The van der Waals surface area contributed by atoms with E-state index in [2.05, 4.69) is 197 Å². The number of rotatable bonds is 4. The summed E-state index contributed by atoms with van der Waals surface area (Å²) < 4.78 is 8.96. The van der Waals surface area contributed by atoms with E-state index in [-0.39, 0.29) is 6.04 Å². The molecule has 0 fully saturated rings. The first kappa shape index (κ1) is 32.4. The Bertz CT molecular complexity index is 3560. The molecule has 4 aromatic heterocycles. The van der Waals surface area contributed by atoms with Crippen molar-refractivity contribution < 1.29 is 0 Å². The fourth-order valence-corrected chi connectivity index (χ4v) is 12.0. The highest BCUT2D eigenvalue weighted by Crippen LogP contribution is 2.43. The lowest BCUT2D eigenvalue weighted by molar-refractivity contribution is 0.640. The van der Waals surface area contributed by atoms with Gasteiger partial charge >= 0.3 is 0 Å². The van der Waals surface area contributed by atoms with Crippen LogP contribution in [0.25, 0.3) is 108 Å². The second-order valence-electron chi connectivity index (χ2n) is 15.6. The standard InChI is InChI=1S/C54H34N2S2/c1-5-13-47-39(9-1)40-10-2-6-14-48(40)55(47)37-23-27-53-45(31-37)43-29-35(21-25-51(43)57-53)33-17-19-34(20-18-33)36-22-26-52-44(30-36)46-32-38(24-28-54(46)58-52)56-49-15-7-3-11-41(49)42-12-4-8-16-50(42)56/h1-31,38H,32H2. The van der Waals surface area contributed by atoms with Gasteiger partial charge in [0.15, 0.2) is 0 Å². The summed E-state index contributed by atoms with van der Waals surface area (Å²) in [6.07, 6.45) is 5.76. The summed E-state index contributed by atoms with van der Waals surface area (Å²) in [7, 11) is 0. The van der Waals surface area contributed by atoms with Gasteiger partial charge in [-0.3, -0.25) is 0 Å². The van der Waals surface area contributed by atoms with Gasteiger partial charge in [-0.15, -0.1) is 22.7 Å². The smallest absolute Gasteiger partial charge is 0.0567 e. The van der Waals surface area contributed by atoms with Gasteiger partial charge in [0.1, 0.15) is 0 Å². The monoisotopic (exact) mass is 774 g/mol. The van der Waals surface area contributed by atoms with Gasteiger partial charge in [0.2, 0.25) is 0 Å². The van der Waals surface area contributed by atoms with Crippen LogP contribution in [0.3, 0.4) is 0 Å². The predicted octanol–water partition coefficient (Wildman–Crippen LogP) is 15.6. The number of nitrogens with zero attached hydrogens (tertiary/aromatic N) is 2. The van der Waals surface area contributed by atoms with E-state index in [0.29, 0.717) is 0 Å². The zero-order valence-corrected chi connectivity index (χ0v) is 33.0. The van der Waals surface area contributed by atoms with Gasteiger partial charge in [0, 0.05) is 68.0 Å². The maximum atomic E-state index is 2.55.